The third kappa shape index (κ3) is 4.64. The number of hydrogen-bond acceptors (Lipinski definition) is 5. The van der Waals surface area contributed by atoms with E-state index in [0.717, 1.165) is 26.1 Å². The maximum absolute atomic E-state index is 12.7. The van der Waals surface area contributed by atoms with Crippen molar-refractivity contribution in [2.75, 3.05) is 13.7 Å². The minimum absolute atomic E-state index is 0.186. The number of carbonyl (C=O) groups excluding carboxylic acids is 2. The van der Waals surface area contributed by atoms with Gasteiger partial charge in [0.2, 0.25) is 11.8 Å². The number of likely N-dealkylation sites (tertiary alicyclic amines) is 1. The molecule has 1 aromatic rings. The number of aliphatic hydroxyl groups excluding tert-OH is 2. The second-order valence-electron chi connectivity index (χ2n) is 8.52. The Hall–Kier alpha value is -1.96. The van der Waals surface area contributed by atoms with Crippen molar-refractivity contribution >= 4 is 33.8 Å². The standard InChI is InChI=1S/C24H30BrNO5/c1-4-14-11-17-22(24(31)26(3)23(17)30)18(12-27)21(14)20(29)7-5-13(2)9-15-10-16(25)6-8-19(15)28/h6,8-10,17-18,20,22,27-29H,4-5,7,11-12H2,1-3H3/b13-9+/t17-,18+,20-,22-/m1/s1. The van der Waals surface area contributed by atoms with E-state index in [2.05, 4.69) is 15.9 Å². The number of aliphatic hydroxyl groups is 2. The third-order valence-corrected chi connectivity index (χ3v) is 7.08. The molecule has 0 radical (unpaired) electrons. The van der Waals surface area contributed by atoms with Crippen LogP contribution in [0, 0.1) is 17.8 Å². The van der Waals surface area contributed by atoms with Crippen molar-refractivity contribution in [3.05, 3.63) is 45.0 Å². The van der Waals surface area contributed by atoms with Crippen LogP contribution in [0.25, 0.3) is 6.08 Å². The molecule has 1 fully saturated rings. The highest BCUT2D eigenvalue weighted by atomic mass is 79.9. The number of rotatable bonds is 7. The highest BCUT2D eigenvalue weighted by Crippen LogP contribution is 2.46. The van der Waals surface area contributed by atoms with E-state index < -0.39 is 23.9 Å². The number of nitrogens with zero attached hydrogens (tertiary/aromatic N) is 1. The first kappa shape index (κ1) is 23.7. The van der Waals surface area contributed by atoms with Gasteiger partial charge in [0.05, 0.1) is 24.5 Å². The molecule has 2 amide bonds. The zero-order chi connectivity index (χ0) is 22.9. The van der Waals surface area contributed by atoms with Crippen LogP contribution in [0.3, 0.4) is 0 Å². The van der Waals surface area contributed by atoms with Crippen LogP contribution in [0.1, 0.15) is 45.1 Å². The van der Waals surface area contributed by atoms with Gasteiger partial charge in [-0.15, -0.1) is 0 Å². The van der Waals surface area contributed by atoms with E-state index >= 15 is 0 Å². The van der Waals surface area contributed by atoms with Gasteiger partial charge in [0.1, 0.15) is 5.75 Å². The largest absolute Gasteiger partial charge is 0.507 e. The third-order valence-electron chi connectivity index (χ3n) is 6.59. The topological polar surface area (TPSA) is 98.1 Å². The summed E-state index contributed by atoms with van der Waals surface area (Å²) in [5.74, 6) is -1.86. The molecule has 1 aromatic carbocycles. The highest BCUT2D eigenvalue weighted by molar-refractivity contribution is 9.10. The zero-order valence-corrected chi connectivity index (χ0v) is 19.7. The first-order chi connectivity index (χ1) is 14.7. The van der Waals surface area contributed by atoms with Crippen molar-refractivity contribution in [2.45, 2.75) is 45.6 Å². The molecule has 0 unspecified atom stereocenters. The van der Waals surface area contributed by atoms with Gasteiger partial charge in [-0.25, -0.2) is 0 Å². The van der Waals surface area contributed by atoms with Crippen molar-refractivity contribution < 1.29 is 24.9 Å². The molecule has 1 aliphatic carbocycles. The van der Waals surface area contributed by atoms with Crippen LogP contribution in [0.5, 0.6) is 5.75 Å². The van der Waals surface area contributed by atoms with Crippen molar-refractivity contribution in [3.63, 3.8) is 0 Å². The molecule has 4 atom stereocenters. The zero-order valence-electron chi connectivity index (χ0n) is 18.1. The fraction of sp³-hybridized carbons (Fsp3) is 0.500. The van der Waals surface area contributed by atoms with E-state index in [1.165, 1.54) is 7.05 Å². The predicted octanol–water partition coefficient (Wildman–Crippen LogP) is 3.65. The molecule has 1 aliphatic heterocycles. The number of benzene rings is 1. The number of fused-ring (bicyclic) bond motifs is 1. The van der Waals surface area contributed by atoms with Gasteiger partial charge in [-0.1, -0.05) is 40.1 Å². The molecule has 168 valence electrons. The van der Waals surface area contributed by atoms with Crippen molar-refractivity contribution in [1.82, 2.24) is 4.90 Å². The molecular weight excluding hydrogens is 462 g/mol. The summed E-state index contributed by atoms with van der Waals surface area (Å²) in [7, 11) is 1.49. The van der Waals surface area contributed by atoms with E-state index in [1.807, 2.05) is 26.0 Å². The number of amides is 2. The van der Waals surface area contributed by atoms with E-state index in [4.69, 9.17) is 0 Å². The van der Waals surface area contributed by atoms with E-state index in [-0.39, 0.29) is 24.2 Å². The molecule has 2 aliphatic rings. The summed E-state index contributed by atoms with van der Waals surface area (Å²) in [6, 6.07) is 5.22. The second-order valence-corrected chi connectivity index (χ2v) is 9.44. The maximum atomic E-state index is 12.7. The van der Waals surface area contributed by atoms with E-state index in [9.17, 15) is 24.9 Å². The summed E-state index contributed by atoms with van der Waals surface area (Å²) in [5, 5.41) is 31.2. The Bertz CT molecular complexity index is 938. The lowest BCUT2D eigenvalue weighted by atomic mass is 9.67. The molecule has 0 bridgehead atoms. The maximum Gasteiger partial charge on any atom is 0.233 e. The van der Waals surface area contributed by atoms with Crippen LogP contribution in [0.4, 0.5) is 0 Å². The molecule has 6 nitrogen and oxygen atoms in total. The van der Waals surface area contributed by atoms with Gasteiger partial charge in [-0.2, -0.15) is 0 Å². The number of aromatic hydroxyl groups is 1. The highest BCUT2D eigenvalue weighted by Gasteiger charge is 2.53. The van der Waals surface area contributed by atoms with E-state index in [1.54, 1.807) is 12.1 Å². The Labute approximate surface area is 191 Å². The van der Waals surface area contributed by atoms with Crippen LogP contribution < -0.4 is 0 Å². The smallest absolute Gasteiger partial charge is 0.233 e. The minimum atomic E-state index is -0.804. The number of imide groups is 1. The van der Waals surface area contributed by atoms with Crippen LogP contribution in [0.2, 0.25) is 0 Å². The average Bonchev–Trinajstić information content (AvgIpc) is 2.97. The molecule has 1 heterocycles. The lowest BCUT2D eigenvalue weighted by Gasteiger charge is -2.36. The summed E-state index contributed by atoms with van der Waals surface area (Å²) in [5.41, 5.74) is 3.38. The van der Waals surface area contributed by atoms with Crippen molar-refractivity contribution in [1.29, 1.82) is 0 Å². The SMILES string of the molecule is CCC1=C([C@H](O)CC/C(C)=C/c2cc(Br)ccc2O)[C@H](CO)[C@@H]2C(=O)N(C)C(=O)[C@@H]2C1. The van der Waals surface area contributed by atoms with E-state index in [0.29, 0.717) is 31.2 Å². The molecule has 0 aromatic heterocycles. The Morgan fingerprint density at radius 2 is 2.03 bits per heavy atom. The van der Waals surface area contributed by atoms with Gasteiger partial charge in [-0.05, 0) is 56.4 Å². The van der Waals surface area contributed by atoms with Crippen LogP contribution >= 0.6 is 15.9 Å². The Balaban J connectivity index is 1.80. The summed E-state index contributed by atoms with van der Waals surface area (Å²) >= 11 is 3.40. The van der Waals surface area contributed by atoms with Gasteiger partial charge in [0, 0.05) is 23.0 Å². The van der Waals surface area contributed by atoms with Crippen LogP contribution in [-0.4, -0.2) is 51.8 Å². The lowest BCUT2D eigenvalue weighted by Crippen LogP contribution is -2.38. The van der Waals surface area contributed by atoms with Gasteiger partial charge >= 0.3 is 0 Å². The summed E-state index contributed by atoms with van der Waals surface area (Å²) in [4.78, 5) is 26.3. The molecular formula is C24H30BrNO5. The monoisotopic (exact) mass is 491 g/mol. The number of allylic oxidation sites excluding steroid dienone is 2. The quantitative estimate of drug-likeness (QED) is 0.399. The molecule has 1 saturated heterocycles. The minimum Gasteiger partial charge on any atom is -0.507 e. The van der Waals surface area contributed by atoms with Crippen molar-refractivity contribution in [2.24, 2.45) is 17.8 Å². The summed E-state index contributed by atoms with van der Waals surface area (Å²) in [6.07, 6.45) is 3.23. The molecule has 0 saturated carbocycles. The fourth-order valence-corrected chi connectivity index (χ4v) is 5.33. The number of hydrogen-bond donors (Lipinski definition) is 3. The Morgan fingerprint density at radius 1 is 1.32 bits per heavy atom. The Kier molecular flexibility index (Phi) is 7.39. The number of phenols is 1. The normalized spacial score (nSPS) is 25.3. The predicted molar refractivity (Wildman–Crippen MR) is 122 cm³/mol. The van der Waals surface area contributed by atoms with Gasteiger partial charge < -0.3 is 15.3 Å². The first-order valence-electron chi connectivity index (χ1n) is 10.7. The molecule has 7 heteroatoms. The van der Waals surface area contributed by atoms with Gasteiger partial charge in [-0.3, -0.25) is 14.5 Å². The molecule has 0 spiro atoms. The first-order valence-corrected chi connectivity index (χ1v) is 11.5. The summed E-state index contributed by atoms with van der Waals surface area (Å²) < 4.78 is 0.866. The van der Waals surface area contributed by atoms with Gasteiger partial charge in [0.15, 0.2) is 0 Å². The molecule has 3 N–H and O–H groups in total. The number of phenolic OH excluding ortho intramolecular Hbond substituents is 1. The lowest BCUT2D eigenvalue weighted by molar-refractivity contribution is -0.138. The fourth-order valence-electron chi connectivity index (χ4n) is 4.95. The van der Waals surface area contributed by atoms with Gasteiger partial charge in [0.25, 0.3) is 0 Å². The van der Waals surface area contributed by atoms with Crippen molar-refractivity contribution in [3.8, 4) is 5.75 Å². The van der Waals surface area contributed by atoms with Crippen LogP contribution in [-0.2, 0) is 9.59 Å². The molecule has 31 heavy (non-hydrogen) atoms. The average molecular weight is 492 g/mol. The van der Waals surface area contributed by atoms with Crippen LogP contribution in [0.15, 0.2) is 39.4 Å². The Morgan fingerprint density at radius 3 is 2.68 bits per heavy atom. The number of halogens is 1. The second kappa shape index (κ2) is 9.67. The summed E-state index contributed by atoms with van der Waals surface area (Å²) in [6.45, 7) is 3.64. The number of carbonyl (C=O) groups is 2. The molecule has 3 rings (SSSR count).